The number of aliphatic imine (C=N–C) groups is 1. The summed E-state index contributed by atoms with van der Waals surface area (Å²) < 4.78 is 0. The van der Waals surface area contributed by atoms with Crippen LogP contribution in [0.1, 0.15) is 45.1 Å². The molecule has 0 unspecified atom stereocenters. The first-order valence-corrected chi connectivity index (χ1v) is 14.7. The van der Waals surface area contributed by atoms with Gasteiger partial charge in [-0.3, -0.25) is 29.0 Å². The highest BCUT2D eigenvalue weighted by Crippen LogP contribution is 2.19. The number of benzene rings is 1. The van der Waals surface area contributed by atoms with Crippen molar-refractivity contribution >= 4 is 52.4 Å². The number of nitrogens with one attached hydrogen (secondary N) is 5. The first-order chi connectivity index (χ1) is 21.7. The summed E-state index contributed by atoms with van der Waals surface area (Å²) in [7, 11) is 0. The van der Waals surface area contributed by atoms with Crippen molar-refractivity contribution in [2.75, 3.05) is 13.1 Å². The maximum absolute atomic E-state index is 13.4. The molecule has 5 amide bonds. The van der Waals surface area contributed by atoms with Crippen LogP contribution in [0.3, 0.4) is 0 Å². The van der Waals surface area contributed by atoms with Crippen LogP contribution in [0, 0.1) is 5.92 Å². The van der Waals surface area contributed by atoms with Gasteiger partial charge in [0.15, 0.2) is 5.96 Å². The molecule has 0 aliphatic carbocycles. The van der Waals surface area contributed by atoms with Crippen LogP contribution in [0.25, 0.3) is 10.9 Å². The Kier molecular flexibility index (Phi) is 14.4. The maximum Gasteiger partial charge on any atom is 0.326 e. The van der Waals surface area contributed by atoms with E-state index in [1.807, 2.05) is 24.3 Å². The second kappa shape index (κ2) is 17.9. The zero-order valence-electron chi connectivity index (χ0n) is 25.9. The molecule has 1 aromatic carbocycles. The van der Waals surface area contributed by atoms with Crippen LogP contribution in [-0.2, 0) is 35.2 Å². The van der Waals surface area contributed by atoms with Crippen LogP contribution in [0.5, 0.6) is 0 Å². The first kappa shape index (κ1) is 37.0. The third-order valence-corrected chi connectivity index (χ3v) is 7.02. The number of rotatable bonds is 19. The molecule has 17 heteroatoms. The van der Waals surface area contributed by atoms with Gasteiger partial charge >= 0.3 is 5.97 Å². The molecule has 0 aliphatic rings. The average Bonchev–Trinajstić information content (AvgIpc) is 3.40. The van der Waals surface area contributed by atoms with Gasteiger partial charge in [-0.2, -0.15) is 0 Å². The van der Waals surface area contributed by atoms with E-state index in [4.69, 9.17) is 22.9 Å². The van der Waals surface area contributed by atoms with Crippen LogP contribution in [0.4, 0.5) is 0 Å². The Morgan fingerprint density at radius 3 is 2.24 bits per heavy atom. The van der Waals surface area contributed by atoms with Crippen LogP contribution < -0.4 is 44.2 Å². The summed E-state index contributed by atoms with van der Waals surface area (Å²) in [6, 6.07) is 2.72. The normalized spacial score (nSPS) is 13.6. The van der Waals surface area contributed by atoms with Gasteiger partial charge in [0.05, 0.1) is 12.6 Å². The number of aromatic nitrogens is 1. The van der Waals surface area contributed by atoms with Gasteiger partial charge < -0.3 is 54.3 Å². The Labute approximate surface area is 265 Å². The minimum atomic E-state index is -1.27. The van der Waals surface area contributed by atoms with Gasteiger partial charge in [0, 0.05) is 36.5 Å². The lowest BCUT2D eigenvalue weighted by molar-refractivity contribution is -0.142. The molecule has 0 aliphatic heterocycles. The molecule has 14 N–H and O–H groups in total. The van der Waals surface area contributed by atoms with Gasteiger partial charge in [-0.15, -0.1) is 0 Å². The number of nitrogens with zero attached hydrogens (tertiary/aromatic N) is 1. The smallest absolute Gasteiger partial charge is 0.326 e. The van der Waals surface area contributed by atoms with E-state index in [-0.39, 0.29) is 44.6 Å². The Balaban J connectivity index is 2.17. The monoisotopic (exact) mass is 644 g/mol. The predicted molar refractivity (Wildman–Crippen MR) is 170 cm³/mol. The molecule has 252 valence electrons. The highest BCUT2D eigenvalue weighted by molar-refractivity contribution is 5.95. The number of hydrogen-bond acceptors (Lipinski definition) is 8. The number of primary amides is 1. The van der Waals surface area contributed by atoms with Gasteiger partial charge in [0.1, 0.15) is 18.1 Å². The second-order valence-corrected chi connectivity index (χ2v) is 11.1. The number of H-pyrrole nitrogens is 1. The Bertz CT molecular complexity index is 1420. The lowest BCUT2D eigenvalue weighted by Gasteiger charge is -2.26. The maximum atomic E-state index is 13.4. The molecule has 0 fully saturated rings. The third-order valence-electron chi connectivity index (χ3n) is 7.02. The van der Waals surface area contributed by atoms with Crippen molar-refractivity contribution in [2.45, 2.75) is 70.1 Å². The topological polar surface area (TPSA) is 303 Å². The Morgan fingerprint density at radius 2 is 1.61 bits per heavy atom. The number of para-hydroxylation sites is 1. The summed E-state index contributed by atoms with van der Waals surface area (Å²) in [5.41, 5.74) is 23.0. The molecule has 4 atom stereocenters. The fourth-order valence-corrected chi connectivity index (χ4v) is 4.51. The van der Waals surface area contributed by atoms with Crippen LogP contribution in [0.15, 0.2) is 35.5 Å². The molecule has 0 radical (unpaired) electrons. The number of carboxylic acid groups (broad SMARTS) is 1. The van der Waals surface area contributed by atoms with Crippen molar-refractivity contribution in [3.63, 3.8) is 0 Å². The van der Waals surface area contributed by atoms with E-state index < -0.39 is 72.1 Å². The van der Waals surface area contributed by atoms with E-state index in [1.165, 1.54) is 0 Å². The number of fused-ring (bicyclic) bond motifs is 1. The number of hydrogen-bond donors (Lipinski definition) is 10. The zero-order chi connectivity index (χ0) is 34.4. The number of nitrogens with two attached hydrogens (primary N) is 4. The highest BCUT2D eigenvalue weighted by atomic mass is 16.4. The highest BCUT2D eigenvalue weighted by Gasteiger charge is 2.31. The number of carbonyl (C=O) groups excluding carboxylic acids is 5. The summed E-state index contributed by atoms with van der Waals surface area (Å²) in [6.45, 7) is 2.98. The largest absolute Gasteiger partial charge is 0.480 e. The average molecular weight is 645 g/mol. The van der Waals surface area contributed by atoms with Crippen molar-refractivity contribution in [2.24, 2.45) is 33.8 Å². The Hall–Kier alpha value is -5.19. The van der Waals surface area contributed by atoms with Crippen LogP contribution in [0.2, 0.25) is 0 Å². The number of guanidine groups is 1. The van der Waals surface area contributed by atoms with E-state index in [9.17, 15) is 33.9 Å². The zero-order valence-corrected chi connectivity index (χ0v) is 25.9. The van der Waals surface area contributed by atoms with Crippen LogP contribution in [-0.4, -0.2) is 88.8 Å². The summed E-state index contributed by atoms with van der Waals surface area (Å²) in [5.74, 6) is -5.30. The van der Waals surface area contributed by atoms with Crippen molar-refractivity contribution in [3.8, 4) is 0 Å². The standard InChI is InChI=1S/C29H44N10O7/c1-15(2)24(39-25(42)18(30)9-10-22(31)40)27(44)38-21(12-16-13-35-19-7-4-3-6-17(16)19)26(43)36-14-23(41)37-20(28(45)46)8-5-11-34-29(32)33/h3-4,6-7,13,15,18,20-21,24,35H,5,8-12,14,30H2,1-2H3,(H2,31,40)(H,36,43)(H,37,41)(H,38,44)(H,39,42)(H,45,46)(H4,32,33,34)/t18-,20-,21-,24-/m0/s1. The van der Waals surface area contributed by atoms with Gasteiger partial charge in [-0.25, -0.2) is 4.79 Å². The van der Waals surface area contributed by atoms with Gasteiger partial charge in [0.25, 0.3) is 0 Å². The quantitative estimate of drug-likeness (QED) is 0.0442. The fraction of sp³-hybridized carbons (Fsp3) is 0.483. The summed E-state index contributed by atoms with van der Waals surface area (Å²) >= 11 is 0. The third kappa shape index (κ3) is 12.1. The molecule has 0 saturated carbocycles. The number of aromatic amines is 1. The molecule has 46 heavy (non-hydrogen) atoms. The molecule has 1 heterocycles. The summed E-state index contributed by atoms with van der Waals surface area (Å²) in [5, 5.41) is 20.3. The summed E-state index contributed by atoms with van der Waals surface area (Å²) in [6.07, 6.45) is 1.91. The molecule has 0 saturated heterocycles. The van der Waals surface area contributed by atoms with Crippen molar-refractivity contribution in [1.29, 1.82) is 0 Å². The fourth-order valence-electron chi connectivity index (χ4n) is 4.51. The molecular formula is C29H44N10O7. The molecule has 0 spiro atoms. The van der Waals surface area contributed by atoms with Gasteiger partial charge in [0.2, 0.25) is 29.5 Å². The van der Waals surface area contributed by atoms with Crippen molar-refractivity contribution in [1.82, 2.24) is 26.3 Å². The van der Waals surface area contributed by atoms with E-state index in [2.05, 4.69) is 31.2 Å². The lowest BCUT2D eigenvalue weighted by Crippen LogP contribution is -2.58. The molecular weight excluding hydrogens is 600 g/mol. The van der Waals surface area contributed by atoms with Crippen molar-refractivity contribution in [3.05, 3.63) is 36.0 Å². The number of amides is 5. The number of carbonyl (C=O) groups is 6. The van der Waals surface area contributed by atoms with E-state index in [0.717, 1.165) is 10.9 Å². The van der Waals surface area contributed by atoms with E-state index >= 15 is 0 Å². The Morgan fingerprint density at radius 1 is 0.913 bits per heavy atom. The number of carboxylic acids is 1. The SMILES string of the molecule is CC(C)[C@H](NC(=O)[C@@H](N)CCC(N)=O)C(=O)N[C@@H](Cc1c[nH]c2ccccc12)C(=O)NCC(=O)N[C@@H](CCCN=C(N)N)C(=O)O. The minimum absolute atomic E-state index is 0.0136. The lowest BCUT2D eigenvalue weighted by atomic mass is 10.00. The summed E-state index contributed by atoms with van der Waals surface area (Å²) in [4.78, 5) is 81.7. The molecule has 1 aromatic heterocycles. The molecule has 2 rings (SSSR count). The van der Waals surface area contributed by atoms with Gasteiger partial charge in [-0.05, 0) is 36.8 Å². The number of aliphatic carboxylic acids is 1. The minimum Gasteiger partial charge on any atom is -0.480 e. The van der Waals surface area contributed by atoms with E-state index in [1.54, 1.807) is 20.0 Å². The second-order valence-electron chi connectivity index (χ2n) is 11.1. The molecule has 17 nitrogen and oxygen atoms in total. The van der Waals surface area contributed by atoms with E-state index in [0.29, 0.717) is 5.56 Å². The van der Waals surface area contributed by atoms with Crippen LogP contribution >= 0.6 is 0 Å². The van der Waals surface area contributed by atoms with Gasteiger partial charge in [-0.1, -0.05) is 32.0 Å². The molecule has 0 bridgehead atoms. The van der Waals surface area contributed by atoms with Crippen molar-refractivity contribution < 1.29 is 33.9 Å². The first-order valence-electron chi connectivity index (χ1n) is 14.7. The molecule has 2 aromatic rings. The predicted octanol–water partition coefficient (Wildman–Crippen LogP) is -2.33.